The van der Waals surface area contributed by atoms with Crippen LogP contribution in [-0.2, 0) is 14.2 Å². The van der Waals surface area contributed by atoms with Crippen molar-refractivity contribution in [3.8, 4) is 0 Å². The number of ether oxygens (including phenoxy) is 3. The highest BCUT2D eigenvalue weighted by Gasteiger charge is 2.31. The van der Waals surface area contributed by atoms with Crippen molar-refractivity contribution in [2.75, 3.05) is 46.8 Å². The summed E-state index contributed by atoms with van der Waals surface area (Å²) < 4.78 is 15.8. The molecule has 0 bridgehead atoms. The number of unbranched alkanes of at least 4 members (excludes halogenated alkanes) is 1. The van der Waals surface area contributed by atoms with Gasteiger partial charge in [0.15, 0.2) is 0 Å². The molecule has 2 N–H and O–H groups in total. The zero-order chi connectivity index (χ0) is 15.4. The van der Waals surface area contributed by atoms with E-state index in [1.165, 1.54) is 12.8 Å². The highest BCUT2D eigenvalue weighted by molar-refractivity contribution is 4.92. The summed E-state index contributed by atoms with van der Waals surface area (Å²) in [7, 11) is 1.68. The Kier molecular flexibility index (Phi) is 10.2. The molecule has 5 heteroatoms. The van der Waals surface area contributed by atoms with Gasteiger partial charge < -0.3 is 24.6 Å². The summed E-state index contributed by atoms with van der Waals surface area (Å²) in [5.74, 6) is 0. The predicted octanol–water partition coefficient (Wildman–Crippen LogP) is 1.73. The van der Waals surface area contributed by atoms with Crippen molar-refractivity contribution in [3.05, 3.63) is 0 Å². The number of rotatable bonds is 15. The first-order valence-corrected chi connectivity index (χ1v) is 8.23. The van der Waals surface area contributed by atoms with Gasteiger partial charge >= 0.3 is 0 Å². The molecule has 1 atom stereocenters. The van der Waals surface area contributed by atoms with Gasteiger partial charge in [-0.2, -0.15) is 0 Å². The molecule has 0 aliphatic heterocycles. The molecular weight excluding hydrogens is 270 g/mol. The van der Waals surface area contributed by atoms with Gasteiger partial charge in [0.1, 0.15) is 0 Å². The molecule has 5 nitrogen and oxygen atoms in total. The van der Waals surface area contributed by atoms with Crippen LogP contribution in [0.25, 0.3) is 0 Å². The SMILES string of the molecule is COCCOCCCOCCCCC(C)(CO)NC1CC1. The molecular formula is C16H33NO4. The fraction of sp³-hybridized carbons (Fsp3) is 1.00. The molecule has 1 unspecified atom stereocenters. The average Bonchev–Trinajstić information content (AvgIpc) is 3.28. The Balaban J connectivity index is 1.85. The van der Waals surface area contributed by atoms with Crippen LogP contribution in [0.4, 0.5) is 0 Å². The van der Waals surface area contributed by atoms with Gasteiger partial charge in [0.25, 0.3) is 0 Å². The fourth-order valence-electron chi connectivity index (χ4n) is 2.25. The minimum atomic E-state index is -0.115. The highest BCUT2D eigenvalue weighted by atomic mass is 16.5. The van der Waals surface area contributed by atoms with Crippen molar-refractivity contribution in [2.24, 2.45) is 0 Å². The second kappa shape index (κ2) is 11.4. The van der Waals surface area contributed by atoms with Crippen LogP contribution < -0.4 is 5.32 Å². The summed E-state index contributed by atoms with van der Waals surface area (Å²) >= 11 is 0. The highest BCUT2D eigenvalue weighted by Crippen LogP contribution is 2.24. The van der Waals surface area contributed by atoms with Crippen LogP contribution in [0.1, 0.15) is 45.4 Å². The maximum absolute atomic E-state index is 9.51. The molecule has 0 aromatic heterocycles. The quantitative estimate of drug-likeness (QED) is 0.451. The van der Waals surface area contributed by atoms with Crippen LogP contribution in [0.5, 0.6) is 0 Å². The maximum Gasteiger partial charge on any atom is 0.0700 e. The number of nitrogens with one attached hydrogen (secondary N) is 1. The second-order valence-electron chi connectivity index (χ2n) is 6.17. The van der Waals surface area contributed by atoms with E-state index in [4.69, 9.17) is 14.2 Å². The molecule has 1 rings (SSSR count). The summed E-state index contributed by atoms with van der Waals surface area (Å²) in [4.78, 5) is 0. The van der Waals surface area contributed by atoms with Crippen LogP contribution in [0.2, 0.25) is 0 Å². The Morgan fingerprint density at radius 1 is 1.00 bits per heavy atom. The van der Waals surface area contributed by atoms with Gasteiger partial charge in [0, 0.05) is 38.5 Å². The van der Waals surface area contributed by atoms with Crippen LogP contribution in [0.3, 0.4) is 0 Å². The topological polar surface area (TPSA) is 60.0 Å². The predicted molar refractivity (Wildman–Crippen MR) is 83.6 cm³/mol. The number of hydrogen-bond donors (Lipinski definition) is 2. The molecule has 0 amide bonds. The molecule has 0 heterocycles. The first-order chi connectivity index (χ1) is 10.2. The minimum absolute atomic E-state index is 0.115. The zero-order valence-corrected chi connectivity index (χ0v) is 13.7. The fourth-order valence-corrected chi connectivity index (χ4v) is 2.25. The Morgan fingerprint density at radius 3 is 2.29 bits per heavy atom. The van der Waals surface area contributed by atoms with Gasteiger partial charge in [-0.05, 0) is 45.4 Å². The standard InChI is InChI=1S/C16H33NO4/c1-16(14-18,17-15-6-7-15)8-3-4-9-20-10-5-11-21-13-12-19-2/h15,17-18H,3-14H2,1-2H3. The van der Waals surface area contributed by atoms with Gasteiger partial charge in [-0.25, -0.2) is 0 Å². The van der Waals surface area contributed by atoms with E-state index in [1.807, 2.05) is 0 Å². The lowest BCUT2D eigenvalue weighted by Crippen LogP contribution is -2.46. The summed E-state index contributed by atoms with van der Waals surface area (Å²) in [6.07, 6.45) is 6.58. The Labute approximate surface area is 129 Å². The molecule has 21 heavy (non-hydrogen) atoms. The number of aliphatic hydroxyl groups is 1. The van der Waals surface area contributed by atoms with Crippen molar-refractivity contribution < 1.29 is 19.3 Å². The summed E-state index contributed by atoms with van der Waals surface area (Å²) in [5, 5.41) is 13.0. The van der Waals surface area contributed by atoms with Gasteiger partial charge in [-0.15, -0.1) is 0 Å². The number of methoxy groups -OCH3 is 1. The van der Waals surface area contributed by atoms with E-state index >= 15 is 0 Å². The van der Waals surface area contributed by atoms with E-state index in [1.54, 1.807) is 7.11 Å². The lowest BCUT2D eigenvalue weighted by Gasteiger charge is -2.29. The van der Waals surface area contributed by atoms with Crippen LogP contribution in [0.15, 0.2) is 0 Å². The molecule has 0 aromatic carbocycles. The van der Waals surface area contributed by atoms with E-state index in [0.29, 0.717) is 19.3 Å². The first-order valence-electron chi connectivity index (χ1n) is 8.23. The number of aliphatic hydroxyl groups excluding tert-OH is 1. The molecule has 126 valence electrons. The van der Waals surface area contributed by atoms with Crippen molar-refractivity contribution in [2.45, 2.75) is 57.0 Å². The smallest absolute Gasteiger partial charge is 0.0700 e. The molecule has 1 fully saturated rings. The minimum Gasteiger partial charge on any atom is -0.394 e. The van der Waals surface area contributed by atoms with Crippen molar-refractivity contribution >= 4 is 0 Å². The molecule has 0 spiro atoms. The van der Waals surface area contributed by atoms with Crippen molar-refractivity contribution in [1.29, 1.82) is 0 Å². The molecule has 1 saturated carbocycles. The lowest BCUT2D eigenvalue weighted by atomic mass is 9.95. The number of hydrogen-bond acceptors (Lipinski definition) is 5. The van der Waals surface area contributed by atoms with E-state index < -0.39 is 0 Å². The maximum atomic E-state index is 9.51. The molecule has 1 aliphatic carbocycles. The Morgan fingerprint density at radius 2 is 1.67 bits per heavy atom. The third-order valence-corrected chi connectivity index (χ3v) is 3.76. The van der Waals surface area contributed by atoms with Gasteiger partial charge in [0.2, 0.25) is 0 Å². The van der Waals surface area contributed by atoms with Gasteiger partial charge in [-0.3, -0.25) is 0 Å². The lowest BCUT2D eigenvalue weighted by molar-refractivity contribution is 0.0504. The van der Waals surface area contributed by atoms with Crippen LogP contribution in [-0.4, -0.2) is 63.4 Å². The summed E-state index contributed by atoms with van der Waals surface area (Å²) in [5.41, 5.74) is -0.115. The summed E-state index contributed by atoms with van der Waals surface area (Å²) in [6, 6.07) is 0.636. The monoisotopic (exact) mass is 303 g/mol. The average molecular weight is 303 g/mol. The van der Waals surface area contributed by atoms with E-state index in [-0.39, 0.29) is 12.1 Å². The largest absolute Gasteiger partial charge is 0.394 e. The molecule has 0 radical (unpaired) electrons. The van der Waals surface area contributed by atoms with Gasteiger partial charge in [-0.1, -0.05) is 0 Å². The van der Waals surface area contributed by atoms with Crippen LogP contribution >= 0.6 is 0 Å². The molecule has 0 saturated heterocycles. The Bertz CT molecular complexity index is 248. The summed E-state index contributed by atoms with van der Waals surface area (Å²) in [6.45, 7) is 5.92. The Hall–Kier alpha value is -0.200. The first kappa shape index (κ1) is 18.8. The van der Waals surface area contributed by atoms with E-state index in [0.717, 1.165) is 45.5 Å². The van der Waals surface area contributed by atoms with E-state index in [2.05, 4.69) is 12.2 Å². The van der Waals surface area contributed by atoms with Gasteiger partial charge in [0.05, 0.1) is 19.8 Å². The van der Waals surface area contributed by atoms with Crippen LogP contribution in [0, 0.1) is 0 Å². The van der Waals surface area contributed by atoms with E-state index in [9.17, 15) is 5.11 Å². The molecule has 0 aromatic rings. The van der Waals surface area contributed by atoms with Crippen molar-refractivity contribution in [1.82, 2.24) is 5.32 Å². The molecule has 1 aliphatic rings. The normalized spacial score (nSPS) is 17.9. The third kappa shape index (κ3) is 10.2. The van der Waals surface area contributed by atoms with Crippen molar-refractivity contribution in [3.63, 3.8) is 0 Å². The second-order valence-corrected chi connectivity index (χ2v) is 6.17. The zero-order valence-electron chi connectivity index (χ0n) is 13.7. The third-order valence-electron chi connectivity index (χ3n) is 3.76.